The molecule has 0 atom stereocenters. The molecular weight excluding hydrogens is 206 g/mol. The normalized spacial score (nSPS) is 18.9. The average Bonchev–Trinajstić information content (AvgIpc) is 2.54. The van der Waals surface area contributed by atoms with Crippen LogP contribution in [-0.4, -0.2) is 32.2 Å². The maximum Gasteiger partial charge on any atom is 0.217 e. The molecule has 1 aliphatic rings. The van der Waals surface area contributed by atoms with Crippen molar-refractivity contribution < 1.29 is 22.5 Å². The lowest BCUT2D eigenvalue weighted by atomic mass is 10.2. The molecule has 1 fully saturated rings. The van der Waals surface area contributed by atoms with E-state index in [9.17, 15) is 13.0 Å². The highest BCUT2D eigenvalue weighted by molar-refractivity contribution is 7.80. The van der Waals surface area contributed by atoms with Crippen molar-refractivity contribution in [1.29, 1.82) is 0 Å². The largest absolute Gasteiger partial charge is 0.726 e. The molecule has 6 heteroatoms. The van der Waals surface area contributed by atoms with Crippen molar-refractivity contribution in [2.24, 2.45) is 0 Å². The van der Waals surface area contributed by atoms with Gasteiger partial charge in [-0.05, 0) is 25.7 Å². The van der Waals surface area contributed by atoms with Gasteiger partial charge in [-0.15, -0.1) is 0 Å². The van der Waals surface area contributed by atoms with Crippen molar-refractivity contribution in [2.75, 3.05) is 13.2 Å². The molecule has 14 heavy (non-hydrogen) atoms. The molecule has 1 saturated carbocycles. The molecule has 0 bridgehead atoms. The lowest BCUT2D eigenvalue weighted by molar-refractivity contribution is -0.688. The van der Waals surface area contributed by atoms with E-state index in [2.05, 4.69) is 9.50 Å². The summed E-state index contributed by atoms with van der Waals surface area (Å²) in [6.07, 6.45) is 5.71. The van der Waals surface area contributed by atoms with E-state index in [-0.39, 0.29) is 6.61 Å². The third-order valence-electron chi connectivity index (χ3n) is 2.48. The minimum atomic E-state index is -4.49. The molecule has 0 amide bonds. The SMILES string of the molecule is O=S(=O)([O-])OCCC[NH2+]C1CCCC1. The standard InChI is InChI=1S/C8H17NO4S/c10-14(11,12)13-7-3-6-9-8-4-1-2-5-8/h8-9H,1-7H2,(H,10,11,12). The molecule has 0 radical (unpaired) electrons. The van der Waals surface area contributed by atoms with Crippen LogP contribution in [0.15, 0.2) is 0 Å². The fraction of sp³-hybridized carbons (Fsp3) is 1.00. The van der Waals surface area contributed by atoms with Gasteiger partial charge in [-0.2, -0.15) is 0 Å². The Hall–Kier alpha value is -0.170. The maximum atomic E-state index is 10.1. The smallest absolute Gasteiger partial charge is 0.217 e. The van der Waals surface area contributed by atoms with Gasteiger partial charge in [0.15, 0.2) is 0 Å². The zero-order chi connectivity index (χ0) is 10.4. The molecule has 0 aromatic heterocycles. The average molecular weight is 223 g/mol. The number of hydrogen-bond donors (Lipinski definition) is 1. The summed E-state index contributed by atoms with van der Waals surface area (Å²) in [7, 11) is -4.49. The van der Waals surface area contributed by atoms with Gasteiger partial charge in [-0.3, -0.25) is 4.18 Å². The Morgan fingerprint density at radius 3 is 2.57 bits per heavy atom. The number of hydrogen-bond acceptors (Lipinski definition) is 4. The highest BCUT2D eigenvalue weighted by Crippen LogP contribution is 2.14. The van der Waals surface area contributed by atoms with Gasteiger partial charge in [-0.1, -0.05) is 0 Å². The molecule has 84 valence electrons. The van der Waals surface area contributed by atoms with Crippen LogP contribution < -0.4 is 5.32 Å². The zero-order valence-corrected chi connectivity index (χ0v) is 8.96. The van der Waals surface area contributed by atoms with E-state index in [1.807, 2.05) is 0 Å². The zero-order valence-electron chi connectivity index (χ0n) is 8.15. The Morgan fingerprint density at radius 1 is 1.36 bits per heavy atom. The molecule has 5 nitrogen and oxygen atoms in total. The number of rotatable bonds is 6. The quantitative estimate of drug-likeness (QED) is 0.369. The minimum absolute atomic E-state index is 0.00898. The second kappa shape index (κ2) is 5.65. The van der Waals surface area contributed by atoms with Crippen LogP contribution in [0.5, 0.6) is 0 Å². The van der Waals surface area contributed by atoms with Gasteiger partial charge in [0.05, 0.1) is 19.2 Å². The van der Waals surface area contributed by atoms with Crippen molar-refractivity contribution in [3.63, 3.8) is 0 Å². The molecule has 2 N–H and O–H groups in total. The van der Waals surface area contributed by atoms with Crippen LogP contribution in [0.3, 0.4) is 0 Å². The molecular formula is C8H17NO4S. The van der Waals surface area contributed by atoms with E-state index in [1.165, 1.54) is 25.7 Å². The lowest BCUT2D eigenvalue weighted by Gasteiger charge is -2.09. The highest BCUT2D eigenvalue weighted by Gasteiger charge is 2.16. The minimum Gasteiger partial charge on any atom is -0.726 e. The van der Waals surface area contributed by atoms with Crippen LogP contribution in [0.25, 0.3) is 0 Å². The van der Waals surface area contributed by atoms with Gasteiger partial charge in [0.1, 0.15) is 0 Å². The summed E-state index contributed by atoms with van der Waals surface area (Å²) < 4.78 is 34.3. The Morgan fingerprint density at radius 2 is 2.00 bits per heavy atom. The molecule has 0 aliphatic heterocycles. The first-order valence-electron chi connectivity index (χ1n) is 5.01. The third-order valence-corrected chi connectivity index (χ3v) is 2.93. The second-order valence-corrected chi connectivity index (χ2v) is 4.70. The van der Waals surface area contributed by atoms with Crippen LogP contribution in [0.2, 0.25) is 0 Å². The Balaban J connectivity index is 1.94. The summed E-state index contributed by atoms with van der Waals surface area (Å²) in [6, 6.07) is 0.693. The first-order chi connectivity index (χ1) is 6.58. The first kappa shape index (κ1) is 11.9. The van der Waals surface area contributed by atoms with Crippen molar-refractivity contribution in [3.05, 3.63) is 0 Å². The molecule has 0 heterocycles. The van der Waals surface area contributed by atoms with E-state index in [0.29, 0.717) is 12.5 Å². The highest BCUT2D eigenvalue weighted by atomic mass is 32.3. The summed E-state index contributed by atoms with van der Waals surface area (Å²) in [6.45, 7) is 0.842. The summed E-state index contributed by atoms with van der Waals surface area (Å²) in [5.74, 6) is 0. The fourth-order valence-electron chi connectivity index (χ4n) is 1.79. The topological polar surface area (TPSA) is 83.0 Å². The molecule has 0 aromatic rings. The molecule has 1 rings (SSSR count). The van der Waals surface area contributed by atoms with Crippen LogP contribution in [0, 0.1) is 0 Å². The van der Waals surface area contributed by atoms with Gasteiger partial charge in [0, 0.05) is 6.42 Å². The molecule has 0 spiro atoms. The van der Waals surface area contributed by atoms with Crippen LogP contribution in [0.1, 0.15) is 32.1 Å². The predicted molar refractivity (Wildman–Crippen MR) is 49.3 cm³/mol. The molecule has 0 saturated heterocycles. The Kier molecular flexibility index (Phi) is 4.80. The van der Waals surface area contributed by atoms with Crippen molar-refractivity contribution in [1.82, 2.24) is 0 Å². The van der Waals surface area contributed by atoms with Crippen molar-refractivity contribution in [3.8, 4) is 0 Å². The summed E-state index contributed by atoms with van der Waals surface area (Å²) in [5, 5.41) is 2.22. The van der Waals surface area contributed by atoms with Crippen LogP contribution in [0.4, 0.5) is 0 Å². The fourth-order valence-corrected chi connectivity index (χ4v) is 2.11. The van der Waals surface area contributed by atoms with Crippen molar-refractivity contribution >= 4 is 10.4 Å². The third kappa shape index (κ3) is 5.54. The van der Waals surface area contributed by atoms with Crippen LogP contribution in [-0.2, 0) is 14.6 Å². The lowest BCUT2D eigenvalue weighted by Crippen LogP contribution is -2.89. The maximum absolute atomic E-state index is 10.1. The number of quaternary nitrogens is 1. The van der Waals surface area contributed by atoms with Crippen molar-refractivity contribution in [2.45, 2.75) is 38.1 Å². The van der Waals surface area contributed by atoms with Crippen LogP contribution >= 0.6 is 0 Å². The van der Waals surface area contributed by atoms with Gasteiger partial charge in [0.2, 0.25) is 10.4 Å². The molecule has 0 aromatic carbocycles. The number of nitrogens with two attached hydrogens (primary N) is 1. The Bertz CT molecular complexity index is 246. The van der Waals surface area contributed by atoms with Gasteiger partial charge in [-0.25, -0.2) is 8.42 Å². The van der Waals surface area contributed by atoms with E-state index in [0.717, 1.165) is 6.54 Å². The molecule has 0 unspecified atom stereocenters. The summed E-state index contributed by atoms with van der Waals surface area (Å²) in [4.78, 5) is 0. The predicted octanol–water partition coefficient (Wildman–Crippen LogP) is -0.641. The van der Waals surface area contributed by atoms with E-state index in [4.69, 9.17) is 0 Å². The van der Waals surface area contributed by atoms with E-state index < -0.39 is 10.4 Å². The van der Waals surface area contributed by atoms with Gasteiger partial charge >= 0.3 is 0 Å². The van der Waals surface area contributed by atoms with E-state index >= 15 is 0 Å². The first-order valence-corrected chi connectivity index (χ1v) is 6.35. The van der Waals surface area contributed by atoms with Gasteiger partial charge in [0.25, 0.3) is 0 Å². The van der Waals surface area contributed by atoms with E-state index in [1.54, 1.807) is 0 Å². The molecule has 1 aliphatic carbocycles. The summed E-state index contributed by atoms with van der Waals surface area (Å²) in [5.41, 5.74) is 0. The Labute approximate surface area is 84.8 Å². The van der Waals surface area contributed by atoms with Gasteiger partial charge < -0.3 is 9.87 Å². The second-order valence-electron chi connectivity index (χ2n) is 3.65. The monoisotopic (exact) mass is 223 g/mol. The summed E-state index contributed by atoms with van der Waals surface area (Å²) >= 11 is 0.